The Kier molecular flexibility index (Phi) is 10.1. The van der Waals surface area contributed by atoms with Crippen molar-refractivity contribution in [3.63, 3.8) is 0 Å². The molecule has 2 aromatic carbocycles. The molecule has 0 unspecified atom stereocenters. The Balaban J connectivity index is 1.65. The SMILES string of the molecule is CCOC(=O)C1=C(C)N=c2s/c(=C\c3cc(C)n(-c4ccc(CC)cc4)c3C)c(=O)n2[C@H]1c1ccc(OCC(=O)OC)c(OCC)c1. The van der Waals surface area contributed by atoms with E-state index in [1.54, 1.807) is 36.6 Å². The van der Waals surface area contributed by atoms with Crippen LogP contribution in [0.2, 0.25) is 0 Å². The number of carbonyl (C=O) groups excluding carboxylic acids is 2. The van der Waals surface area contributed by atoms with Crippen molar-refractivity contribution < 1.29 is 28.5 Å². The van der Waals surface area contributed by atoms with Gasteiger partial charge in [-0.3, -0.25) is 9.36 Å². The third kappa shape index (κ3) is 6.66. The zero-order chi connectivity index (χ0) is 33.8. The van der Waals surface area contributed by atoms with Crippen LogP contribution in [0.25, 0.3) is 11.8 Å². The minimum absolute atomic E-state index is 0.161. The summed E-state index contributed by atoms with van der Waals surface area (Å²) in [6.07, 6.45) is 2.85. The number of aromatic nitrogens is 2. The van der Waals surface area contributed by atoms with E-state index >= 15 is 0 Å². The van der Waals surface area contributed by atoms with E-state index < -0.39 is 18.0 Å². The third-order valence-electron chi connectivity index (χ3n) is 8.03. The van der Waals surface area contributed by atoms with Crippen LogP contribution in [-0.4, -0.2) is 48.0 Å². The van der Waals surface area contributed by atoms with Gasteiger partial charge in [0.05, 0.1) is 42.2 Å². The molecule has 0 saturated carbocycles. The Morgan fingerprint density at radius 2 is 1.70 bits per heavy atom. The third-order valence-corrected chi connectivity index (χ3v) is 9.02. The molecule has 0 saturated heterocycles. The lowest BCUT2D eigenvalue weighted by Gasteiger charge is -2.25. The average Bonchev–Trinajstić information content (AvgIpc) is 3.52. The molecule has 1 aliphatic rings. The van der Waals surface area contributed by atoms with Crippen LogP contribution in [0, 0.1) is 13.8 Å². The van der Waals surface area contributed by atoms with E-state index in [0.29, 0.717) is 38.7 Å². The van der Waals surface area contributed by atoms with Gasteiger partial charge in [0.15, 0.2) is 22.9 Å². The number of methoxy groups -OCH3 is 1. The number of fused-ring (bicyclic) bond motifs is 1. The number of ether oxygens (including phenoxy) is 4. The smallest absolute Gasteiger partial charge is 0.343 e. The molecule has 2 aromatic heterocycles. The van der Waals surface area contributed by atoms with Crippen LogP contribution in [-0.2, 0) is 25.5 Å². The summed E-state index contributed by atoms with van der Waals surface area (Å²) in [7, 11) is 1.28. The Morgan fingerprint density at radius 3 is 2.36 bits per heavy atom. The summed E-state index contributed by atoms with van der Waals surface area (Å²) >= 11 is 1.27. The van der Waals surface area contributed by atoms with E-state index in [1.807, 2.05) is 26.8 Å². The molecule has 0 radical (unpaired) electrons. The van der Waals surface area contributed by atoms with Crippen LogP contribution >= 0.6 is 11.3 Å². The maximum absolute atomic E-state index is 14.3. The number of benzene rings is 2. The number of aryl methyl sites for hydroxylation is 2. The van der Waals surface area contributed by atoms with Crippen molar-refractivity contribution in [2.24, 2.45) is 4.99 Å². The molecular weight excluding hydrogens is 618 g/mol. The molecule has 0 fully saturated rings. The van der Waals surface area contributed by atoms with Crippen LogP contribution in [0.15, 0.2) is 69.6 Å². The number of allylic oxidation sites excluding steroid dienone is 1. The van der Waals surface area contributed by atoms with Crippen molar-refractivity contribution in [3.05, 3.63) is 108 Å². The predicted octanol–water partition coefficient (Wildman–Crippen LogP) is 4.72. The van der Waals surface area contributed by atoms with Gasteiger partial charge in [-0.15, -0.1) is 0 Å². The molecular formula is C36H39N3O7S. The van der Waals surface area contributed by atoms with Gasteiger partial charge < -0.3 is 23.5 Å². The molecule has 0 bridgehead atoms. The predicted molar refractivity (Wildman–Crippen MR) is 180 cm³/mol. The highest BCUT2D eigenvalue weighted by atomic mass is 32.1. The molecule has 0 amide bonds. The summed E-state index contributed by atoms with van der Waals surface area (Å²) in [5.41, 5.74) is 6.30. The van der Waals surface area contributed by atoms with Gasteiger partial charge in [-0.05, 0) is 94.1 Å². The van der Waals surface area contributed by atoms with Crippen LogP contribution in [0.5, 0.6) is 11.5 Å². The summed E-state index contributed by atoms with van der Waals surface area (Å²) in [6.45, 7) is 11.7. The molecule has 1 atom stereocenters. The first kappa shape index (κ1) is 33.5. The van der Waals surface area contributed by atoms with Gasteiger partial charge in [0, 0.05) is 17.1 Å². The summed E-state index contributed by atoms with van der Waals surface area (Å²) in [5.74, 6) is -0.420. The lowest BCUT2D eigenvalue weighted by atomic mass is 9.95. The maximum atomic E-state index is 14.3. The Morgan fingerprint density at radius 1 is 0.957 bits per heavy atom. The van der Waals surface area contributed by atoms with Crippen molar-refractivity contribution in [1.29, 1.82) is 0 Å². The highest BCUT2D eigenvalue weighted by Crippen LogP contribution is 2.36. The lowest BCUT2D eigenvalue weighted by Crippen LogP contribution is -2.40. The minimum atomic E-state index is -0.842. The van der Waals surface area contributed by atoms with Crippen LogP contribution < -0.4 is 24.4 Å². The molecule has 47 heavy (non-hydrogen) atoms. The number of nitrogens with zero attached hydrogens (tertiary/aromatic N) is 3. The number of rotatable bonds is 11. The molecule has 10 nitrogen and oxygen atoms in total. The van der Waals surface area contributed by atoms with Gasteiger partial charge in [-0.25, -0.2) is 14.6 Å². The number of esters is 2. The van der Waals surface area contributed by atoms with Crippen molar-refractivity contribution in [2.45, 2.75) is 54.0 Å². The Bertz CT molecular complexity index is 2030. The topological polar surface area (TPSA) is 110 Å². The second-order valence-corrected chi connectivity index (χ2v) is 12.0. The van der Waals surface area contributed by atoms with Gasteiger partial charge in [-0.2, -0.15) is 0 Å². The number of hydrogen-bond donors (Lipinski definition) is 0. The fraction of sp³-hybridized carbons (Fsp3) is 0.333. The summed E-state index contributed by atoms with van der Waals surface area (Å²) in [5, 5.41) is 0. The molecule has 246 valence electrons. The van der Waals surface area contributed by atoms with Crippen LogP contribution in [0.4, 0.5) is 0 Å². The highest BCUT2D eigenvalue weighted by Gasteiger charge is 2.34. The van der Waals surface area contributed by atoms with Gasteiger partial charge in [-0.1, -0.05) is 36.5 Å². The quantitative estimate of drug-likeness (QED) is 0.215. The molecule has 4 aromatic rings. The fourth-order valence-corrected chi connectivity index (χ4v) is 6.78. The molecule has 0 N–H and O–H groups in total. The molecule has 1 aliphatic heterocycles. The molecule has 11 heteroatoms. The van der Waals surface area contributed by atoms with E-state index in [-0.39, 0.29) is 24.3 Å². The van der Waals surface area contributed by atoms with Crippen molar-refractivity contribution in [1.82, 2.24) is 9.13 Å². The van der Waals surface area contributed by atoms with E-state index in [1.165, 1.54) is 24.0 Å². The Hall–Kier alpha value is -4.90. The minimum Gasteiger partial charge on any atom is -0.490 e. The normalized spacial score (nSPS) is 14.4. The second-order valence-electron chi connectivity index (χ2n) is 11.0. The van der Waals surface area contributed by atoms with E-state index in [2.05, 4.69) is 41.8 Å². The Labute approximate surface area is 277 Å². The molecule has 0 aliphatic carbocycles. The van der Waals surface area contributed by atoms with E-state index in [0.717, 1.165) is 29.1 Å². The van der Waals surface area contributed by atoms with Crippen molar-refractivity contribution in [3.8, 4) is 17.2 Å². The zero-order valence-electron chi connectivity index (χ0n) is 27.7. The number of thiazole rings is 1. The maximum Gasteiger partial charge on any atom is 0.343 e. The van der Waals surface area contributed by atoms with Crippen LogP contribution in [0.1, 0.15) is 61.8 Å². The summed E-state index contributed by atoms with van der Waals surface area (Å²) in [4.78, 5) is 44.5. The standard InChI is InChI=1S/C36H39N3O7S/c1-8-24-11-14-27(15-12-24)38-21(4)17-26(23(38)6)19-30-34(41)39-33(32(35(42)45-10-3)22(5)37-36(39)47-30)25-13-16-28(29(18-25)44-9-2)46-20-31(40)43-7/h11-19,33H,8-10,20H2,1-7H3/b30-19-/t33-/m0/s1. The van der Waals surface area contributed by atoms with Gasteiger partial charge in [0.1, 0.15) is 0 Å². The average molecular weight is 658 g/mol. The van der Waals surface area contributed by atoms with Gasteiger partial charge in [0.2, 0.25) is 0 Å². The van der Waals surface area contributed by atoms with Gasteiger partial charge in [0.25, 0.3) is 5.56 Å². The summed E-state index contributed by atoms with van der Waals surface area (Å²) < 4.78 is 25.8. The molecule has 5 rings (SSSR count). The molecule has 0 spiro atoms. The van der Waals surface area contributed by atoms with E-state index in [4.69, 9.17) is 23.9 Å². The van der Waals surface area contributed by atoms with Gasteiger partial charge >= 0.3 is 11.9 Å². The second kappa shape index (κ2) is 14.3. The lowest BCUT2D eigenvalue weighted by molar-refractivity contribution is -0.143. The largest absolute Gasteiger partial charge is 0.490 e. The fourth-order valence-electron chi connectivity index (χ4n) is 5.74. The molecule has 3 heterocycles. The van der Waals surface area contributed by atoms with Crippen molar-refractivity contribution in [2.75, 3.05) is 26.9 Å². The van der Waals surface area contributed by atoms with Crippen LogP contribution in [0.3, 0.4) is 0 Å². The monoisotopic (exact) mass is 657 g/mol. The first-order valence-electron chi connectivity index (χ1n) is 15.6. The summed E-state index contributed by atoms with van der Waals surface area (Å²) in [6, 6.07) is 14.8. The zero-order valence-corrected chi connectivity index (χ0v) is 28.5. The number of hydrogen-bond acceptors (Lipinski definition) is 9. The number of carbonyl (C=O) groups is 2. The van der Waals surface area contributed by atoms with Crippen molar-refractivity contribution >= 4 is 29.4 Å². The first-order chi connectivity index (χ1) is 22.6. The van der Waals surface area contributed by atoms with E-state index in [9.17, 15) is 14.4 Å². The first-order valence-corrected chi connectivity index (χ1v) is 16.4. The highest BCUT2D eigenvalue weighted by molar-refractivity contribution is 7.07.